The van der Waals surface area contributed by atoms with Gasteiger partial charge in [0.05, 0.1) is 6.61 Å². The topological polar surface area (TPSA) is 63.5 Å². The molecule has 0 spiro atoms. The van der Waals surface area contributed by atoms with E-state index in [-0.39, 0.29) is 18.3 Å². The number of rotatable bonds is 8. The van der Waals surface area contributed by atoms with E-state index in [0.717, 1.165) is 30.8 Å². The number of carbonyl (C=O) groups is 1. The lowest BCUT2D eigenvalue weighted by Crippen LogP contribution is -2.32. The molecule has 2 N–H and O–H groups in total. The van der Waals surface area contributed by atoms with Crippen molar-refractivity contribution in [2.75, 3.05) is 33.4 Å². The molecule has 1 rings (SSSR count). The van der Waals surface area contributed by atoms with E-state index in [0.29, 0.717) is 18.9 Å². The zero-order chi connectivity index (χ0) is 13.4. The van der Waals surface area contributed by atoms with Crippen LogP contribution in [-0.2, 0) is 11.2 Å². The van der Waals surface area contributed by atoms with Crippen LogP contribution in [0.5, 0.6) is 0 Å². The molecule has 1 aromatic heterocycles. The lowest BCUT2D eigenvalue weighted by molar-refractivity contribution is 0.0924. The Kier molecular flexibility index (Phi) is 9.30. The molecule has 0 aliphatic heterocycles. The minimum atomic E-state index is -0.161. The van der Waals surface area contributed by atoms with Gasteiger partial charge in [-0.15, -0.1) is 12.4 Å². The van der Waals surface area contributed by atoms with E-state index in [9.17, 15) is 4.79 Å². The van der Waals surface area contributed by atoms with E-state index in [4.69, 9.17) is 9.15 Å². The lowest BCUT2D eigenvalue weighted by Gasteiger charge is -2.04. The van der Waals surface area contributed by atoms with Gasteiger partial charge in [0.25, 0.3) is 5.91 Å². The van der Waals surface area contributed by atoms with Crippen molar-refractivity contribution in [2.24, 2.45) is 0 Å². The van der Waals surface area contributed by atoms with Crippen LogP contribution in [0.2, 0.25) is 0 Å². The molecule has 0 fully saturated rings. The average molecular weight is 291 g/mol. The van der Waals surface area contributed by atoms with Gasteiger partial charge in [-0.25, -0.2) is 0 Å². The fraction of sp³-hybridized carbons (Fsp3) is 0.615. The zero-order valence-electron chi connectivity index (χ0n) is 11.7. The van der Waals surface area contributed by atoms with E-state index >= 15 is 0 Å². The van der Waals surface area contributed by atoms with Gasteiger partial charge in [0, 0.05) is 33.2 Å². The van der Waals surface area contributed by atoms with Crippen molar-refractivity contribution in [1.29, 1.82) is 0 Å². The highest BCUT2D eigenvalue weighted by Crippen LogP contribution is 2.14. The molecule has 110 valence electrons. The normalized spacial score (nSPS) is 10.1. The second kappa shape index (κ2) is 9.83. The number of hydrogen-bond acceptors (Lipinski definition) is 4. The molecule has 6 heteroatoms. The number of nitrogens with one attached hydrogen (secondary N) is 2. The van der Waals surface area contributed by atoms with Crippen molar-refractivity contribution >= 4 is 18.3 Å². The van der Waals surface area contributed by atoms with Crippen LogP contribution in [0.3, 0.4) is 0 Å². The number of ether oxygens (including phenoxy) is 1. The first-order valence-corrected chi connectivity index (χ1v) is 6.26. The number of aryl methyl sites for hydroxylation is 2. The number of furan rings is 1. The Balaban J connectivity index is 0.00000324. The van der Waals surface area contributed by atoms with E-state index in [1.807, 2.05) is 13.8 Å². The summed E-state index contributed by atoms with van der Waals surface area (Å²) in [4.78, 5) is 11.8. The highest BCUT2D eigenvalue weighted by Gasteiger charge is 2.12. The van der Waals surface area contributed by atoms with Crippen LogP contribution in [-0.4, -0.2) is 39.3 Å². The maximum absolute atomic E-state index is 11.8. The van der Waals surface area contributed by atoms with E-state index < -0.39 is 0 Å². The summed E-state index contributed by atoms with van der Waals surface area (Å²) < 4.78 is 10.4. The standard InChI is InChI=1S/C13H22N2O3.ClH/c1-4-11-10(2)9-12(18-11)13(16)15-6-5-14-7-8-17-3;/h9,14H,4-8H2,1-3H3,(H,15,16);1H. The molecule has 0 bridgehead atoms. The molecule has 1 aromatic rings. The van der Waals surface area contributed by atoms with Crippen molar-refractivity contribution in [2.45, 2.75) is 20.3 Å². The zero-order valence-corrected chi connectivity index (χ0v) is 12.6. The number of hydrogen-bond donors (Lipinski definition) is 2. The minimum absolute atomic E-state index is 0. The summed E-state index contributed by atoms with van der Waals surface area (Å²) in [5, 5.41) is 5.96. The maximum atomic E-state index is 11.8. The van der Waals surface area contributed by atoms with Gasteiger partial charge >= 0.3 is 0 Å². The summed E-state index contributed by atoms with van der Waals surface area (Å²) in [6.07, 6.45) is 0.803. The van der Waals surface area contributed by atoms with Crippen LogP contribution in [0.15, 0.2) is 10.5 Å². The molecule has 1 amide bonds. The summed E-state index contributed by atoms with van der Waals surface area (Å²) in [7, 11) is 1.66. The Morgan fingerprint density at radius 2 is 2.11 bits per heavy atom. The summed E-state index contributed by atoms with van der Waals surface area (Å²) in [6, 6.07) is 1.78. The van der Waals surface area contributed by atoms with Crippen molar-refractivity contribution in [1.82, 2.24) is 10.6 Å². The Hall–Kier alpha value is -1.04. The van der Waals surface area contributed by atoms with E-state index in [1.54, 1.807) is 13.2 Å². The van der Waals surface area contributed by atoms with Crippen molar-refractivity contribution in [3.63, 3.8) is 0 Å². The minimum Gasteiger partial charge on any atom is -0.456 e. The summed E-state index contributed by atoms with van der Waals surface area (Å²) in [5.74, 6) is 1.10. The lowest BCUT2D eigenvalue weighted by atomic mass is 10.2. The van der Waals surface area contributed by atoms with Gasteiger partial charge < -0.3 is 19.8 Å². The molecule has 0 aromatic carbocycles. The van der Waals surface area contributed by atoms with Crippen LogP contribution >= 0.6 is 12.4 Å². The van der Waals surface area contributed by atoms with Crippen LogP contribution in [0, 0.1) is 6.92 Å². The summed E-state index contributed by atoms with van der Waals surface area (Å²) >= 11 is 0. The number of amides is 1. The molecule has 0 aliphatic rings. The van der Waals surface area contributed by atoms with Gasteiger partial charge in [-0.3, -0.25) is 4.79 Å². The summed E-state index contributed by atoms with van der Waals surface area (Å²) in [5.41, 5.74) is 1.03. The monoisotopic (exact) mass is 290 g/mol. The molecule has 0 saturated heterocycles. The van der Waals surface area contributed by atoms with Gasteiger partial charge in [-0.2, -0.15) is 0 Å². The summed E-state index contributed by atoms with van der Waals surface area (Å²) in [6.45, 7) is 6.70. The quantitative estimate of drug-likeness (QED) is 0.713. The second-order valence-electron chi connectivity index (χ2n) is 4.07. The predicted octanol–water partition coefficient (Wildman–Crippen LogP) is 1.54. The van der Waals surface area contributed by atoms with Gasteiger partial charge in [0.15, 0.2) is 5.76 Å². The fourth-order valence-electron chi connectivity index (χ4n) is 1.63. The van der Waals surface area contributed by atoms with E-state index in [2.05, 4.69) is 10.6 Å². The molecule has 1 heterocycles. The smallest absolute Gasteiger partial charge is 0.287 e. The van der Waals surface area contributed by atoms with Crippen molar-refractivity contribution in [3.8, 4) is 0 Å². The molecular formula is C13H23ClN2O3. The fourth-order valence-corrected chi connectivity index (χ4v) is 1.63. The Bertz CT molecular complexity index is 380. The molecular weight excluding hydrogens is 268 g/mol. The van der Waals surface area contributed by atoms with Crippen molar-refractivity contribution < 1.29 is 13.9 Å². The maximum Gasteiger partial charge on any atom is 0.287 e. The number of carbonyl (C=O) groups excluding carboxylic acids is 1. The molecule has 0 radical (unpaired) electrons. The molecule has 0 aliphatic carbocycles. The molecule has 5 nitrogen and oxygen atoms in total. The molecule has 0 unspecified atom stereocenters. The third-order valence-electron chi connectivity index (χ3n) is 2.64. The van der Waals surface area contributed by atoms with E-state index in [1.165, 1.54) is 0 Å². The predicted molar refractivity (Wildman–Crippen MR) is 77.1 cm³/mol. The largest absolute Gasteiger partial charge is 0.456 e. The second-order valence-corrected chi connectivity index (χ2v) is 4.07. The highest BCUT2D eigenvalue weighted by molar-refractivity contribution is 5.91. The average Bonchev–Trinajstić information content (AvgIpc) is 2.74. The van der Waals surface area contributed by atoms with Crippen LogP contribution < -0.4 is 10.6 Å². The van der Waals surface area contributed by atoms with Gasteiger partial charge in [-0.1, -0.05) is 6.92 Å². The van der Waals surface area contributed by atoms with Gasteiger partial charge in [0.1, 0.15) is 5.76 Å². The van der Waals surface area contributed by atoms with Crippen LogP contribution in [0.1, 0.15) is 28.8 Å². The highest BCUT2D eigenvalue weighted by atomic mass is 35.5. The molecule has 0 atom stereocenters. The van der Waals surface area contributed by atoms with Crippen LogP contribution in [0.4, 0.5) is 0 Å². The number of methoxy groups -OCH3 is 1. The van der Waals surface area contributed by atoms with Crippen LogP contribution in [0.25, 0.3) is 0 Å². The third kappa shape index (κ3) is 6.09. The molecule has 19 heavy (non-hydrogen) atoms. The first kappa shape index (κ1) is 18.0. The van der Waals surface area contributed by atoms with Gasteiger partial charge in [0.2, 0.25) is 0 Å². The molecule has 0 saturated carbocycles. The first-order valence-electron chi connectivity index (χ1n) is 6.26. The SMILES string of the molecule is CCc1oc(C(=O)NCCNCCOC)cc1C.Cl. The van der Waals surface area contributed by atoms with Crippen molar-refractivity contribution in [3.05, 3.63) is 23.2 Å². The number of halogens is 1. The van der Waals surface area contributed by atoms with Gasteiger partial charge in [-0.05, 0) is 18.6 Å². The Labute approximate surface area is 120 Å². The Morgan fingerprint density at radius 1 is 1.37 bits per heavy atom. The Morgan fingerprint density at radius 3 is 2.68 bits per heavy atom. The third-order valence-corrected chi connectivity index (χ3v) is 2.64. The first-order chi connectivity index (χ1) is 8.69.